The second-order valence-corrected chi connectivity index (χ2v) is 14.8. The third-order valence-corrected chi connectivity index (χ3v) is 10.3. The standard InChI is InChI=1S/C52H41N4O/c1-52(2,3)38-30-31-53-50(32-38)56-46-25-11-10-22-44(46)45-29-28-41(34-49(45)56)57-40-21-14-20-39(33-40)54-35-55(48-27-13-12-26-47(48)54)51-42(36-16-6-4-7-17-36)23-15-24-43(51)37-18-8-5-9-19-37/h4-35H,1-3H3/q+1/i4D,5D,6D,7D,8D,9D,16D,17D,18D,19D. The van der Waals surface area contributed by atoms with Crippen LogP contribution >= 0.6 is 0 Å². The molecule has 0 unspecified atom stereocenters. The topological polar surface area (TPSA) is 35.9 Å². The van der Waals surface area contributed by atoms with Gasteiger partial charge >= 0.3 is 0 Å². The van der Waals surface area contributed by atoms with E-state index in [0.29, 0.717) is 28.2 Å². The first-order chi connectivity index (χ1) is 32.0. The van der Waals surface area contributed by atoms with Gasteiger partial charge in [-0.2, -0.15) is 9.13 Å². The van der Waals surface area contributed by atoms with Crippen molar-refractivity contribution in [2.24, 2.45) is 0 Å². The SMILES string of the molecule is [2H]c1c([2H])c([2H])c(-c2cccc(-c3c([2H])c([2H])c([2H])c([2H])c3[2H])c2-[n+]2cn(-c3cccc(Oc4ccc5c6ccccc6n(-c6cc(C(C)(C)C)ccn6)c5c4)c3)c3ccccc32)c([2H])c1[2H]. The molecule has 0 aliphatic heterocycles. The van der Waals surface area contributed by atoms with Crippen LogP contribution in [0.25, 0.3) is 72.3 Å². The number of pyridine rings is 1. The van der Waals surface area contributed by atoms with E-state index in [2.05, 4.69) is 49.6 Å². The van der Waals surface area contributed by atoms with E-state index in [1.54, 1.807) is 29.1 Å². The van der Waals surface area contributed by atoms with Crippen LogP contribution in [0.1, 0.15) is 40.0 Å². The third-order valence-electron chi connectivity index (χ3n) is 10.3. The molecule has 0 fully saturated rings. The molecule has 0 spiro atoms. The fourth-order valence-electron chi connectivity index (χ4n) is 7.57. The zero-order valence-electron chi connectivity index (χ0n) is 41.4. The number of rotatable bonds is 7. The van der Waals surface area contributed by atoms with Crippen LogP contribution in [0.5, 0.6) is 11.5 Å². The highest BCUT2D eigenvalue weighted by Gasteiger charge is 2.25. The highest BCUT2D eigenvalue weighted by Crippen LogP contribution is 2.37. The van der Waals surface area contributed by atoms with Gasteiger partial charge in [0.05, 0.1) is 24.7 Å². The number of aromatic nitrogens is 4. The molecule has 7 aromatic carbocycles. The molecule has 10 rings (SSSR count). The molecule has 0 saturated carbocycles. The number of hydrogen-bond acceptors (Lipinski definition) is 2. The van der Waals surface area contributed by atoms with Gasteiger partial charge in [0.1, 0.15) is 28.7 Å². The van der Waals surface area contributed by atoms with Crippen LogP contribution in [0.2, 0.25) is 0 Å². The fourth-order valence-corrected chi connectivity index (χ4v) is 7.57. The summed E-state index contributed by atoms with van der Waals surface area (Å²) in [5.41, 5.74) is 5.46. The van der Waals surface area contributed by atoms with Gasteiger partial charge in [0.2, 0.25) is 0 Å². The highest BCUT2D eigenvalue weighted by atomic mass is 16.5. The van der Waals surface area contributed by atoms with Gasteiger partial charge in [-0.25, -0.2) is 4.98 Å². The Balaban J connectivity index is 1.15. The van der Waals surface area contributed by atoms with Crippen LogP contribution in [-0.4, -0.2) is 14.1 Å². The van der Waals surface area contributed by atoms with Crippen LogP contribution in [0.3, 0.4) is 0 Å². The molecule has 0 N–H and O–H groups in total. The quantitative estimate of drug-likeness (QED) is 0.152. The minimum Gasteiger partial charge on any atom is -0.457 e. The molecule has 3 heterocycles. The van der Waals surface area contributed by atoms with Gasteiger partial charge < -0.3 is 4.74 Å². The number of fused-ring (bicyclic) bond motifs is 4. The molecule has 0 aliphatic rings. The molecular weight excluding hydrogens is 697 g/mol. The van der Waals surface area contributed by atoms with Crippen molar-refractivity contribution in [2.75, 3.05) is 0 Å². The summed E-state index contributed by atoms with van der Waals surface area (Å²) in [5.74, 6) is 1.94. The van der Waals surface area contributed by atoms with Crippen molar-refractivity contribution in [1.29, 1.82) is 0 Å². The van der Waals surface area contributed by atoms with Crippen molar-refractivity contribution >= 4 is 32.8 Å². The first kappa shape index (κ1) is 25.0. The molecular formula is C52H41N4O+. The van der Waals surface area contributed by atoms with E-state index >= 15 is 0 Å². The average molecular weight is 748 g/mol. The first-order valence-corrected chi connectivity index (χ1v) is 18.6. The fraction of sp³-hybridized carbons (Fsp3) is 0.0769. The molecule has 0 bridgehead atoms. The lowest BCUT2D eigenvalue weighted by Gasteiger charge is -2.20. The number of benzene rings is 7. The Hall–Kier alpha value is -7.24. The van der Waals surface area contributed by atoms with E-state index in [1.165, 1.54) is 0 Å². The minimum absolute atomic E-state index is 0.0829. The lowest BCUT2D eigenvalue weighted by Crippen LogP contribution is -2.30. The molecule has 3 aromatic heterocycles. The summed E-state index contributed by atoms with van der Waals surface area (Å²) in [5, 5.41) is 2.14. The maximum absolute atomic E-state index is 9.00. The van der Waals surface area contributed by atoms with Crippen molar-refractivity contribution in [3.63, 3.8) is 0 Å². The average Bonchev–Trinajstić information content (AvgIpc) is 3.87. The van der Waals surface area contributed by atoms with E-state index in [9.17, 15) is 0 Å². The largest absolute Gasteiger partial charge is 0.457 e. The smallest absolute Gasteiger partial charge is 0.255 e. The van der Waals surface area contributed by atoms with Crippen LogP contribution in [0, 0.1) is 0 Å². The summed E-state index contributed by atoms with van der Waals surface area (Å²) < 4.78 is 99.3. The van der Waals surface area contributed by atoms with E-state index in [-0.39, 0.29) is 33.4 Å². The van der Waals surface area contributed by atoms with Gasteiger partial charge in [-0.3, -0.25) is 4.57 Å². The Kier molecular flexibility index (Phi) is 6.06. The van der Waals surface area contributed by atoms with Gasteiger partial charge in [-0.1, -0.05) is 136 Å². The van der Waals surface area contributed by atoms with Crippen molar-refractivity contribution < 1.29 is 23.0 Å². The second kappa shape index (κ2) is 13.8. The number of nitrogens with zero attached hydrogens (tertiary/aromatic N) is 4. The lowest BCUT2D eigenvalue weighted by molar-refractivity contribution is -0.566. The number of imidazole rings is 1. The van der Waals surface area contributed by atoms with Gasteiger partial charge in [0.25, 0.3) is 6.33 Å². The van der Waals surface area contributed by atoms with Gasteiger partial charge in [0.15, 0.2) is 11.0 Å². The van der Waals surface area contributed by atoms with E-state index in [1.807, 2.05) is 89.6 Å². The highest BCUT2D eigenvalue weighted by molar-refractivity contribution is 6.09. The second-order valence-electron chi connectivity index (χ2n) is 14.8. The minimum atomic E-state index is -0.557. The summed E-state index contributed by atoms with van der Waals surface area (Å²) in [6.45, 7) is 6.54. The van der Waals surface area contributed by atoms with Crippen LogP contribution < -0.4 is 9.30 Å². The van der Waals surface area contributed by atoms with Crippen molar-refractivity contribution in [2.45, 2.75) is 26.2 Å². The molecule has 0 radical (unpaired) electrons. The molecule has 274 valence electrons. The Labute approximate surface area is 346 Å². The van der Waals surface area contributed by atoms with Crippen molar-refractivity contribution in [3.8, 4) is 50.9 Å². The number of ether oxygens (including phenoxy) is 1. The number of hydrogen-bond donors (Lipinski definition) is 0. The first-order valence-electron chi connectivity index (χ1n) is 23.6. The Morgan fingerprint density at radius 3 is 1.98 bits per heavy atom. The predicted molar refractivity (Wildman–Crippen MR) is 233 cm³/mol. The normalized spacial score (nSPS) is 14.2. The zero-order chi connectivity index (χ0) is 47.2. The maximum atomic E-state index is 9.00. The van der Waals surface area contributed by atoms with Crippen molar-refractivity contribution in [3.05, 3.63) is 200 Å². The molecule has 5 heteroatoms. The summed E-state index contributed by atoms with van der Waals surface area (Å²) in [4.78, 5) is 4.82. The number of para-hydroxylation sites is 4. The molecule has 0 aliphatic carbocycles. The van der Waals surface area contributed by atoms with Gasteiger partial charge in [0, 0.05) is 40.2 Å². The van der Waals surface area contributed by atoms with E-state index < -0.39 is 60.4 Å². The molecule has 0 atom stereocenters. The lowest BCUT2D eigenvalue weighted by atomic mass is 9.88. The monoisotopic (exact) mass is 747 g/mol. The zero-order valence-corrected chi connectivity index (χ0v) is 31.4. The summed E-state index contributed by atoms with van der Waals surface area (Å²) in [6, 6.07) is 33.2. The van der Waals surface area contributed by atoms with Gasteiger partial charge in [-0.15, -0.1) is 0 Å². The van der Waals surface area contributed by atoms with Crippen LogP contribution in [0.4, 0.5) is 0 Å². The van der Waals surface area contributed by atoms with Crippen molar-refractivity contribution in [1.82, 2.24) is 14.1 Å². The summed E-state index contributed by atoms with van der Waals surface area (Å²) >= 11 is 0. The molecule has 0 saturated heterocycles. The van der Waals surface area contributed by atoms with E-state index in [0.717, 1.165) is 33.2 Å². The van der Waals surface area contributed by atoms with Gasteiger partial charge in [-0.05, 0) is 76.7 Å². The summed E-state index contributed by atoms with van der Waals surface area (Å²) in [6.07, 6.45) is 3.63. The Bertz CT molecular complexity index is 3540. The molecule has 10 aromatic rings. The molecule has 0 amide bonds. The molecule has 57 heavy (non-hydrogen) atoms. The van der Waals surface area contributed by atoms with E-state index in [4.69, 9.17) is 23.4 Å². The Morgan fingerprint density at radius 2 is 1.25 bits per heavy atom. The predicted octanol–water partition coefficient (Wildman–Crippen LogP) is 12.8. The van der Waals surface area contributed by atoms with Crippen LogP contribution in [-0.2, 0) is 5.41 Å². The van der Waals surface area contributed by atoms with Crippen LogP contribution in [0.15, 0.2) is 194 Å². The molecule has 5 nitrogen and oxygen atoms in total. The maximum Gasteiger partial charge on any atom is 0.255 e. The summed E-state index contributed by atoms with van der Waals surface area (Å²) in [7, 11) is 0. The Morgan fingerprint density at radius 1 is 0.596 bits per heavy atom. The third kappa shape index (κ3) is 6.14.